The minimum Gasteiger partial charge on any atom is -0.465 e. The van der Waals surface area contributed by atoms with Crippen molar-refractivity contribution in [3.63, 3.8) is 0 Å². The molecule has 104 valence electrons. The predicted octanol–water partition coefficient (Wildman–Crippen LogP) is 2.72. The molecule has 0 fully saturated rings. The second-order valence-corrected chi connectivity index (χ2v) is 4.53. The maximum Gasteiger partial charge on any atom is 0.338 e. The smallest absolute Gasteiger partial charge is 0.338 e. The number of rotatable bonds is 5. The van der Waals surface area contributed by atoms with Crippen molar-refractivity contribution < 1.29 is 9.53 Å². The standard InChI is InChI=1S/C16H18N2O2/c1-12(13-7-9-17-10-8-13)18-11-14-5-3-4-6-15(14)16(19)20-2/h3-10,12,18H,11H2,1-2H3. The van der Waals surface area contributed by atoms with Gasteiger partial charge in [0, 0.05) is 25.0 Å². The van der Waals surface area contributed by atoms with Gasteiger partial charge in [-0.3, -0.25) is 4.98 Å². The molecule has 0 bridgehead atoms. The minimum absolute atomic E-state index is 0.184. The molecule has 1 heterocycles. The number of aromatic nitrogens is 1. The molecular formula is C16H18N2O2. The summed E-state index contributed by atoms with van der Waals surface area (Å²) in [5.41, 5.74) is 2.69. The normalized spacial score (nSPS) is 11.9. The Morgan fingerprint density at radius 2 is 1.95 bits per heavy atom. The van der Waals surface area contributed by atoms with Crippen molar-refractivity contribution in [2.45, 2.75) is 19.5 Å². The number of methoxy groups -OCH3 is 1. The fraction of sp³-hybridized carbons (Fsp3) is 0.250. The second-order valence-electron chi connectivity index (χ2n) is 4.53. The summed E-state index contributed by atoms with van der Waals surface area (Å²) in [6.45, 7) is 2.69. The number of carbonyl (C=O) groups excluding carboxylic acids is 1. The van der Waals surface area contributed by atoms with Crippen LogP contribution in [0.3, 0.4) is 0 Å². The van der Waals surface area contributed by atoms with E-state index in [1.54, 1.807) is 18.5 Å². The topological polar surface area (TPSA) is 51.2 Å². The Morgan fingerprint density at radius 3 is 2.65 bits per heavy atom. The van der Waals surface area contributed by atoms with Crippen LogP contribution in [0.25, 0.3) is 0 Å². The molecule has 2 aromatic rings. The Balaban J connectivity index is 2.06. The first-order valence-corrected chi connectivity index (χ1v) is 6.52. The van der Waals surface area contributed by atoms with E-state index < -0.39 is 0 Å². The average molecular weight is 270 g/mol. The fourth-order valence-electron chi connectivity index (χ4n) is 2.02. The average Bonchev–Trinajstić information content (AvgIpc) is 2.53. The van der Waals surface area contributed by atoms with Crippen LogP contribution in [0.4, 0.5) is 0 Å². The number of hydrogen-bond acceptors (Lipinski definition) is 4. The summed E-state index contributed by atoms with van der Waals surface area (Å²) in [7, 11) is 1.39. The van der Waals surface area contributed by atoms with Gasteiger partial charge in [-0.25, -0.2) is 4.79 Å². The van der Waals surface area contributed by atoms with E-state index in [4.69, 9.17) is 4.74 Å². The van der Waals surface area contributed by atoms with Crippen LogP contribution in [0.2, 0.25) is 0 Å². The summed E-state index contributed by atoms with van der Waals surface area (Å²) in [6, 6.07) is 11.6. The van der Waals surface area contributed by atoms with Gasteiger partial charge in [-0.1, -0.05) is 18.2 Å². The van der Waals surface area contributed by atoms with Crippen LogP contribution in [0.15, 0.2) is 48.8 Å². The Bertz CT molecular complexity index is 570. The number of hydrogen-bond donors (Lipinski definition) is 1. The molecule has 0 saturated heterocycles. The highest BCUT2D eigenvalue weighted by Gasteiger charge is 2.12. The molecule has 1 aromatic carbocycles. The lowest BCUT2D eigenvalue weighted by Crippen LogP contribution is -2.20. The SMILES string of the molecule is COC(=O)c1ccccc1CNC(C)c1ccncc1. The highest BCUT2D eigenvalue weighted by Crippen LogP contribution is 2.14. The molecule has 0 aliphatic carbocycles. The van der Waals surface area contributed by atoms with Gasteiger partial charge < -0.3 is 10.1 Å². The number of benzene rings is 1. The van der Waals surface area contributed by atoms with Crippen LogP contribution >= 0.6 is 0 Å². The molecule has 20 heavy (non-hydrogen) atoms. The van der Waals surface area contributed by atoms with E-state index in [1.807, 2.05) is 30.3 Å². The lowest BCUT2D eigenvalue weighted by Gasteiger charge is -2.15. The summed E-state index contributed by atoms with van der Waals surface area (Å²) in [6.07, 6.45) is 3.55. The van der Waals surface area contributed by atoms with Gasteiger partial charge in [-0.15, -0.1) is 0 Å². The highest BCUT2D eigenvalue weighted by molar-refractivity contribution is 5.90. The molecule has 4 nitrogen and oxygen atoms in total. The fourth-order valence-corrected chi connectivity index (χ4v) is 2.02. The summed E-state index contributed by atoms with van der Waals surface area (Å²) in [5, 5.41) is 3.40. The number of esters is 1. The van der Waals surface area contributed by atoms with Gasteiger partial charge >= 0.3 is 5.97 Å². The van der Waals surface area contributed by atoms with Gasteiger partial charge in [-0.2, -0.15) is 0 Å². The predicted molar refractivity (Wildman–Crippen MR) is 77.3 cm³/mol. The second kappa shape index (κ2) is 6.82. The van der Waals surface area contributed by atoms with Gasteiger partial charge in [0.25, 0.3) is 0 Å². The molecule has 0 aliphatic rings. The third-order valence-electron chi connectivity index (χ3n) is 3.23. The van der Waals surface area contributed by atoms with Crippen molar-refractivity contribution in [1.29, 1.82) is 0 Å². The van der Waals surface area contributed by atoms with Crippen LogP contribution in [-0.4, -0.2) is 18.1 Å². The number of nitrogens with zero attached hydrogens (tertiary/aromatic N) is 1. The Labute approximate surface area is 118 Å². The van der Waals surface area contributed by atoms with Crippen molar-refractivity contribution in [2.24, 2.45) is 0 Å². The maximum absolute atomic E-state index is 11.7. The van der Waals surface area contributed by atoms with E-state index >= 15 is 0 Å². The largest absolute Gasteiger partial charge is 0.465 e. The van der Waals surface area contributed by atoms with E-state index in [2.05, 4.69) is 17.2 Å². The zero-order valence-electron chi connectivity index (χ0n) is 11.7. The van der Waals surface area contributed by atoms with Gasteiger partial charge in [0.05, 0.1) is 12.7 Å². The van der Waals surface area contributed by atoms with Gasteiger partial charge in [0.15, 0.2) is 0 Å². The lowest BCUT2D eigenvalue weighted by molar-refractivity contribution is 0.0599. The van der Waals surface area contributed by atoms with Crippen molar-refractivity contribution in [3.05, 3.63) is 65.5 Å². The van der Waals surface area contributed by atoms with Crippen molar-refractivity contribution in [1.82, 2.24) is 10.3 Å². The van der Waals surface area contributed by atoms with Crippen LogP contribution < -0.4 is 5.32 Å². The number of nitrogens with one attached hydrogen (secondary N) is 1. The van der Waals surface area contributed by atoms with Gasteiger partial charge in [0.1, 0.15) is 0 Å². The first-order valence-electron chi connectivity index (χ1n) is 6.52. The molecule has 0 saturated carbocycles. The molecular weight excluding hydrogens is 252 g/mol. The molecule has 2 rings (SSSR count). The molecule has 1 N–H and O–H groups in total. The van der Waals surface area contributed by atoms with Crippen molar-refractivity contribution in [3.8, 4) is 0 Å². The van der Waals surface area contributed by atoms with E-state index in [0.29, 0.717) is 12.1 Å². The molecule has 0 aliphatic heterocycles. The van der Waals surface area contributed by atoms with Gasteiger partial charge in [0.2, 0.25) is 0 Å². The van der Waals surface area contributed by atoms with Crippen LogP contribution in [0.5, 0.6) is 0 Å². The molecule has 0 spiro atoms. The highest BCUT2D eigenvalue weighted by atomic mass is 16.5. The van der Waals surface area contributed by atoms with E-state index in [-0.39, 0.29) is 12.0 Å². The molecule has 0 radical (unpaired) electrons. The van der Waals surface area contributed by atoms with Crippen molar-refractivity contribution >= 4 is 5.97 Å². The van der Waals surface area contributed by atoms with Crippen LogP contribution in [0, 0.1) is 0 Å². The summed E-state index contributed by atoms with van der Waals surface area (Å²) in [5.74, 6) is -0.307. The van der Waals surface area contributed by atoms with Gasteiger partial charge in [-0.05, 0) is 36.2 Å². The molecule has 1 aromatic heterocycles. The number of ether oxygens (including phenoxy) is 1. The Hall–Kier alpha value is -2.20. The summed E-state index contributed by atoms with van der Waals surface area (Å²) >= 11 is 0. The third kappa shape index (κ3) is 3.42. The minimum atomic E-state index is -0.307. The first kappa shape index (κ1) is 14.2. The zero-order chi connectivity index (χ0) is 14.4. The lowest BCUT2D eigenvalue weighted by atomic mass is 10.1. The molecule has 1 unspecified atom stereocenters. The maximum atomic E-state index is 11.7. The summed E-state index contributed by atoms with van der Waals surface area (Å²) in [4.78, 5) is 15.7. The molecule has 1 atom stereocenters. The van der Waals surface area contributed by atoms with Crippen molar-refractivity contribution in [2.75, 3.05) is 7.11 Å². The zero-order valence-corrected chi connectivity index (χ0v) is 11.7. The third-order valence-corrected chi connectivity index (χ3v) is 3.23. The van der Waals surface area contributed by atoms with E-state index in [1.165, 1.54) is 7.11 Å². The van der Waals surface area contributed by atoms with Crippen LogP contribution in [0.1, 0.15) is 34.5 Å². The Morgan fingerprint density at radius 1 is 1.25 bits per heavy atom. The monoisotopic (exact) mass is 270 g/mol. The Kier molecular flexibility index (Phi) is 4.85. The number of carbonyl (C=O) groups is 1. The summed E-state index contributed by atoms with van der Waals surface area (Å²) < 4.78 is 4.79. The number of pyridine rings is 1. The van der Waals surface area contributed by atoms with E-state index in [9.17, 15) is 4.79 Å². The molecule has 0 amide bonds. The van der Waals surface area contributed by atoms with E-state index in [0.717, 1.165) is 11.1 Å². The molecule has 4 heteroatoms. The quantitative estimate of drug-likeness (QED) is 0.849. The first-order chi connectivity index (χ1) is 9.72. The van der Waals surface area contributed by atoms with Crippen LogP contribution in [-0.2, 0) is 11.3 Å².